The number of alkyl halides is 6. The summed E-state index contributed by atoms with van der Waals surface area (Å²) in [6, 6.07) is 0. The molecule has 0 bridgehead atoms. The molecule has 0 radical (unpaired) electrons. The molecular formula is C9H7F6NO2. The molecule has 0 N–H and O–H groups in total. The Morgan fingerprint density at radius 2 is 1.67 bits per heavy atom. The zero-order valence-electron chi connectivity index (χ0n) is 9.11. The van der Waals surface area contributed by atoms with Crippen molar-refractivity contribution in [2.75, 3.05) is 7.11 Å². The fourth-order valence-corrected chi connectivity index (χ4v) is 1.23. The van der Waals surface area contributed by atoms with E-state index in [0.717, 1.165) is 14.0 Å². The van der Waals surface area contributed by atoms with Gasteiger partial charge in [-0.2, -0.15) is 13.2 Å². The third-order valence-corrected chi connectivity index (χ3v) is 1.97. The average molecular weight is 275 g/mol. The van der Waals surface area contributed by atoms with E-state index in [9.17, 15) is 26.3 Å². The van der Waals surface area contributed by atoms with Crippen LogP contribution in [0, 0.1) is 6.92 Å². The lowest BCUT2D eigenvalue weighted by atomic mass is 10.1. The van der Waals surface area contributed by atoms with Crippen molar-refractivity contribution in [2.45, 2.75) is 19.5 Å². The van der Waals surface area contributed by atoms with E-state index < -0.39 is 35.3 Å². The summed E-state index contributed by atoms with van der Waals surface area (Å²) in [5.74, 6) is -1.77. The van der Waals surface area contributed by atoms with Gasteiger partial charge in [0.05, 0.1) is 12.7 Å². The minimum Gasteiger partial charge on any atom is -0.478 e. The van der Waals surface area contributed by atoms with Crippen molar-refractivity contribution in [2.24, 2.45) is 0 Å². The van der Waals surface area contributed by atoms with Crippen LogP contribution < -0.4 is 9.47 Å². The molecule has 0 atom stereocenters. The van der Waals surface area contributed by atoms with E-state index in [4.69, 9.17) is 0 Å². The number of ether oxygens (including phenoxy) is 2. The van der Waals surface area contributed by atoms with E-state index in [1.165, 1.54) is 0 Å². The average Bonchev–Trinajstić information content (AvgIpc) is 2.17. The maximum absolute atomic E-state index is 12.5. The van der Waals surface area contributed by atoms with Crippen molar-refractivity contribution in [3.05, 3.63) is 17.3 Å². The van der Waals surface area contributed by atoms with Crippen molar-refractivity contribution in [1.29, 1.82) is 0 Å². The first-order valence-electron chi connectivity index (χ1n) is 4.42. The smallest absolute Gasteiger partial charge is 0.478 e. The van der Waals surface area contributed by atoms with E-state index in [-0.39, 0.29) is 0 Å². The van der Waals surface area contributed by atoms with Gasteiger partial charge in [0.2, 0.25) is 0 Å². The minimum atomic E-state index is -5.13. The highest BCUT2D eigenvalue weighted by Gasteiger charge is 2.39. The Hall–Kier alpha value is -1.67. The molecule has 3 nitrogen and oxygen atoms in total. The molecular weight excluding hydrogens is 268 g/mol. The Morgan fingerprint density at radius 1 is 1.11 bits per heavy atom. The van der Waals surface area contributed by atoms with Gasteiger partial charge in [-0.05, 0) is 6.92 Å². The lowest BCUT2D eigenvalue weighted by Crippen LogP contribution is -2.20. The number of nitrogens with zero attached hydrogens (tertiary/aromatic N) is 1. The lowest BCUT2D eigenvalue weighted by Gasteiger charge is -2.17. The summed E-state index contributed by atoms with van der Waals surface area (Å²) in [6.07, 6.45) is -9.57. The van der Waals surface area contributed by atoms with Gasteiger partial charge in [-0.25, -0.2) is 4.98 Å². The van der Waals surface area contributed by atoms with Gasteiger partial charge < -0.3 is 9.47 Å². The predicted molar refractivity (Wildman–Crippen MR) is 47.2 cm³/mol. The first-order valence-corrected chi connectivity index (χ1v) is 4.42. The summed E-state index contributed by atoms with van der Waals surface area (Å²) in [4.78, 5) is 3.14. The molecule has 1 aromatic rings. The Labute approximate surface area is 97.3 Å². The van der Waals surface area contributed by atoms with E-state index in [2.05, 4.69) is 14.5 Å². The van der Waals surface area contributed by atoms with Gasteiger partial charge >= 0.3 is 12.5 Å². The molecule has 1 rings (SSSR count). The van der Waals surface area contributed by atoms with Crippen molar-refractivity contribution >= 4 is 0 Å². The van der Waals surface area contributed by atoms with E-state index in [1.54, 1.807) is 0 Å². The highest BCUT2D eigenvalue weighted by molar-refractivity contribution is 5.46. The number of hydrogen-bond acceptors (Lipinski definition) is 3. The third kappa shape index (κ3) is 3.17. The van der Waals surface area contributed by atoms with Gasteiger partial charge in [0, 0.05) is 11.8 Å². The maximum Gasteiger partial charge on any atom is 0.573 e. The van der Waals surface area contributed by atoms with Crippen LogP contribution in [0.4, 0.5) is 26.3 Å². The standard InChI is InChI=1S/C9H7F6NO2/c1-4-5(8(10,11)12)3-16-7(17-2)6(4)18-9(13,14)15/h3H,1-2H3. The molecule has 1 heterocycles. The Bertz CT molecular complexity index is 440. The van der Waals surface area contributed by atoms with Gasteiger partial charge in [0.25, 0.3) is 5.88 Å². The molecule has 0 aliphatic heterocycles. The molecule has 0 unspecified atom stereocenters. The molecule has 0 aliphatic rings. The van der Waals surface area contributed by atoms with Crippen LogP contribution in [0.1, 0.15) is 11.1 Å². The summed E-state index contributed by atoms with van der Waals surface area (Å²) in [6.45, 7) is 0.841. The highest BCUT2D eigenvalue weighted by Crippen LogP contribution is 2.40. The number of rotatable bonds is 2. The van der Waals surface area contributed by atoms with Gasteiger partial charge in [-0.1, -0.05) is 0 Å². The summed E-state index contributed by atoms with van der Waals surface area (Å²) in [7, 11) is 0.971. The number of hydrogen-bond donors (Lipinski definition) is 0. The van der Waals surface area contributed by atoms with E-state index >= 15 is 0 Å². The second-order valence-corrected chi connectivity index (χ2v) is 3.18. The zero-order chi connectivity index (χ0) is 14.1. The molecule has 1 aromatic heterocycles. The molecule has 0 fully saturated rings. The van der Waals surface area contributed by atoms with Crippen molar-refractivity contribution in [1.82, 2.24) is 4.98 Å². The molecule has 0 spiro atoms. The van der Waals surface area contributed by atoms with Crippen LogP contribution in [0.15, 0.2) is 6.20 Å². The van der Waals surface area contributed by atoms with Crippen molar-refractivity contribution in [3.63, 3.8) is 0 Å². The van der Waals surface area contributed by atoms with Gasteiger partial charge in [0.15, 0.2) is 5.75 Å². The molecule has 102 valence electrons. The summed E-state index contributed by atoms with van der Waals surface area (Å²) in [5.41, 5.74) is -2.06. The fraction of sp³-hybridized carbons (Fsp3) is 0.444. The van der Waals surface area contributed by atoms with E-state index in [0.29, 0.717) is 6.20 Å². The first kappa shape index (κ1) is 14.4. The van der Waals surface area contributed by atoms with Crippen LogP contribution in [0.5, 0.6) is 11.6 Å². The van der Waals surface area contributed by atoms with Gasteiger partial charge in [-0.3, -0.25) is 0 Å². The number of aromatic nitrogens is 1. The predicted octanol–water partition coefficient (Wildman–Crippen LogP) is 3.32. The van der Waals surface area contributed by atoms with Crippen LogP contribution in [0.2, 0.25) is 0 Å². The monoisotopic (exact) mass is 275 g/mol. The molecule has 0 saturated heterocycles. The summed E-state index contributed by atoms with van der Waals surface area (Å²) < 4.78 is 81.6. The SMILES string of the molecule is COc1ncc(C(F)(F)F)c(C)c1OC(F)(F)F. The molecule has 18 heavy (non-hydrogen) atoms. The lowest BCUT2D eigenvalue weighted by molar-refractivity contribution is -0.275. The molecule has 0 amide bonds. The first-order chi connectivity index (χ1) is 8.06. The van der Waals surface area contributed by atoms with Crippen molar-refractivity contribution < 1.29 is 35.8 Å². The van der Waals surface area contributed by atoms with Crippen LogP contribution in [0.3, 0.4) is 0 Å². The Morgan fingerprint density at radius 3 is 2.06 bits per heavy atom. The zero-order valence-corrected chi connectivity index (χ0v) is 9.11. The summed E-state index contributed by atoms with van der Waals surface area (Å²) >= 11 is 0. The van der Waals surface area contributed by atoms with Crippen LogP contribution in [-0.2, 0) is 6.18 Å². The second kappa shape index (κ2) is 4.54. The summed E-state index contributed by atoms with van der Waals surface area (Å²) in [5, 5.41) is 0. The number of pyridine rings is 1. The largest absolute Gasteiger partial charge is 0.573 e. The van der Waals surface area contributed by atoms with Crippen LogP contribution in [0.25, 0.3) is 0 Å². The molecule has 9 heteroatoms. The quantitative estimate of drug-likeness (QED) is 0.776. The third-order valence-electron chi connectivity index (χ3n) is 1.97. The fourth-order valence-electron chi connectivity index (χ4n) is 1.23. The molecule has 0 aliphatic carbocycles. The second-order valence-electron chi connectivity index (χ2n) is 3.18. The van der Waals surface area contributed by atoms with Crippen molar-refractivity contribution in [3.8, 4) is 11.6 Å². The number of halogens is 6. The van der Waals surface area contributed by atoms with Crippen LogP contribution in [-0.4, -0.2) is 18.5 Å². The normalized spacial score (nSPS) is 12.4. The molecule has 0 saturated carbocycles. The van der Waals surface area contributed by atoms with Gasteiger partial charge in [-0.15, -0.1) is 13.2 Å². The van der Waals surface area contributed by atoms with Crippen LogP contribution >= 0.6 is 0 Å². The Balaban J connectivity index is 3.37. The molecule has 0 aromatic carbocycles. The Kier molecular flexibility index (Phi) is 3.63. The van der Waals surface area contributed by atoms with E-state index in [1.807, 2.05) is 0 Å². The maximum atomic E-state index is 12.5. The highest BCUT2D eigenvalue weighted by atomic mass is 19.4. The minimum absolute atomic E-state index is 0.386. The number of methoxy groups -OCH3 is 1. The van der Waals surface area contributed by atoms with Gasteiger partial charge in [0.1, 0.15) is 0 Å². The topological polar surface area (TPSA) is 31.4 Å².